The Morgan fingerprint density at radius 2 is 1.50 bits per heavy atom. The SMILES string of the molecule is CNCCc1nc(-c2ccccc2)c(-c2ccccc2)o1.Cl. The van der Waals surface area contributed by atoms with E-state index in [2.05, 4.69) is 34.6 Å². The van der Waals surface area contributed by atoms with Crippen LogP contribution in [0.25, 0.3) is 22.6 Å². The normalized spacial score (nSPS) is 10.2. The first-order valence-corrected chi connectivity index (χ1v) is 7.13. The molecule has 1 aromatic heterocycles. The third-order valence-corrected chi connectivity index (χ3v) is 3.34. The Kier molecular flexibility index (Phi) is 5.75. The van der Waals surface area contributed by atoms with Gasteiger partial charge in [-0.3, -0.25) is 0 Å². The summed E-state index contributed by atoms with van der Waals surface area (Å²) in [4.78, 5) is 4.69. The van der Waals surface area contributed by atoms with Gasteiger partial charge in [0.15, 0.2) is 11.7 Å². The number of likely N-dealkylation sites (N-methyl/N-ethyl adjacent to an activating group) is 1. The lowest BCUT2D eigenvalue weighted by Crippen LogP contribution is -2.10. The van der Waals surface area contributed by atoms with Gasteiger partial charge in [-0.05, 0) is 7.05 Å². The van der Waals surface area contributed by atoms with E-state index in [0.29, 0.717) is 0 Å². The first-order chi connectivity index (χ1) is 10.4. The molecule has 3 nitrogen and oxygen atoms in total. The highest BCUT2D eigenvalue weighted by atomic mass is 35.5. The van der Waals surface area contributed by atoms with Crippen molar-refractivity contribution in [2.45, 2.75) is 6.42 Å². The van der Waals surface area contributed by atoms with Crippen LogP contribution >= 0.6 is 12.4 Å². The highest BCUT2D eigenvalue weighted by molar-refractivity contribution is 5.85. The Bertz CT molecular complexity index is 639. The van der Waals surface area contributed by atoms with Crippen LogP contribution < -0.4 is 5.32 Å². The Hall–Kier alpha value is -2.10. The molecule has 0 amide bonds. The standard InChI is InChI=1S/C18H18N2O.ClH/c1-19-13-12-16-20-17(14-8-4-2-5-9-14)18(21-16)15-10-6-3-7-11-15;/h2-11,19H,12-13H2,1H3;1H. The van der Waals surface area contributed by atoms with Gasteiger partial charge in [0.2, 0.25) is 0 Å². The second kappa shape index (κ2) is 7.78. The summed E-state index contributed by atoms with van der Waals surface area (Å²) < 4.78 is 6.01. The summed E-state index contributed by atoms with van der Waals surface area (Å²) in [5, 5.41) is 3.12. The van der Waals surface area contributed by atoms with Crippen molar-refractivity contribution >= 4 is 12.4 Å². The zero-order valence-electron chi connectivity index (χ0n) is 12.5. The molecule has 2 aromatic carbocycles. The molecule has 3 rings (SSSR count). The summed E-state index contributed by atoms with van der Waals surface area (Å²) >= 11 is 0. The Labute approximate surface area is 136 Å². The van der Waals surface area contributed by atoms with E-state index in [0.717, 1.165) is 41.4 Å². The van der Waals surface area contributed by atoms with Crippen LogP contribution in [0.5, 0.6) is 0 Å². The maximum atomic E-state index is 6.01. The van der Waals surface area contributed by atoms with E-state index in [1.54, 1.807) is 0 Å². The lowest BCUT2D eigenvalue weighted by atomic mass is 10.1. The van der Waals surface area contributed by atoms with Crippen molar-refractivity contribution in [1.82, 2.24) is 10.3 Å². The minimum Gasteiger partial charge on any atom is -0.440 e. The van der Waals surface area contributed by atoms with Crippen LogP contribution in [0.15, 0.2) is 65.1 Å². The largest absolute Gasteiger partial charge is 0.440 e. The molecule has 0 aliphatic heterocycles. The predicted molar refractivity (Wildman–Crippen MR) is 92.3 cm³/mol. The Morgan fingerprint density at radius 3 is 2.09 bits per heavy atom. The van der Waals surface area contributed by atoms with Crippen LogP contribution in [0.1, 0.15) is 5.89 Å². The third kappa shape index (κ3) is 3.56. The van der Waals surface area contributed by atoms with Crippen LogP contribution in [0.3, 0.4) is 0 Å². The third-order valence-electron chi connectivity index (χ3n) is 3.34. The van der Waals surface area contributed by atoms with Gasteiger partial charge in [-0.1, -0.05) is 60.7 Å². The molecule has 1 heterocycles. The number of hydrogen-bond donors (Lipinski definition) is 1. The number of halogens is 1. The summed E-state index contributed by atoms with van der Waals surface area (Å²) in [5.41, 5.74) is 3.04. The van der Waals surface area contributed by atoms with E-state index in [9.17, 15) is 0 Å². The summed E-state index contributed by atoms with van der Waals surface area (Å²) in [6, 6.07) is 20.3. The van der Waals surface area contributed by atoms with Gasteiger partial charge in [0, 0.05) is 24.1 Å². The van der Waals surface area contributed by atoms with Gasteiger partial charge in [0.1, 0.15) is 5.69 Å². The lowest BCUT2D eigenvalue weighted by molar-refractivity contribution is 0.501. The van der Waals surface area contributed by atoms with Crippen LogP contribution in [-0.4, -0.2) is 18.6 Å². The highest BCUT2D eigenvalue weighted by Crippen LogP contribution is 2.32. The van der Waals surface area contributed by atoms with Crippen LogP contribution in [0.2, 0.25) is 0 Å². The molecule has 0 saturated heterocycles. The summed E-state index contributed by atoms with van der Waals surface area (Å²) in [6.45, 7) is 0.850. The molecule has 1 N–H and O–H groups in total. The molecule has 0 radical (unpaired) electrons. The minimum absolute atomic E-state index is 0. The Balaban J connectivity index is 0.00000176. The van der Waals surface area contributed by atoms with Crippen molar-refractivity contribution < 1.29 is 4.42 Å². The van der Waals surface area contributed by atoms with Crippen molar-refractivity contribution in [3.8, 4) is 22.6 Å². The van der Waals surface area contributed by atoms with Gasteiger partial charge in [-0.15, -0.1) is 12.4 Å². The molecule has 0 aliphatic carbocycles. The van der Waals surface area contributed by atoms with E-state index in [1.165, 1.54) is 0 Å². The van der Waals surface area contributed by atoms with Gasteiger partial charge in [0.25, 0.3) is 0 Å². The minimum atomic E-state index is 0. The van der Waals surface area contributed by atoms with Gasteiger partial charge in [-0.2, -0.15) is 0 Å². The molecule has 3 aromatic rings. The maximum Gasteiger partial charge on any atom is 0.196 e. The number of benzene rings is 2. The topological polar surface area (TPSA) is 38.1 Å². The molecular weight excluding hydrogens is 296 g/mol. The molecule has 0 saturated carbocycles. The lowest BCUT2D eigenvalue weighted by Gasteiger charge is -2.00. The number of oxazole rings is 1. The number of hydrogen-bond acceptors (Lipinski definition) is 3. The first kappa shape index (κ1) is 16.3. The van der Waals surface area contributed by atoms with E-state index in [-0.39, 0.29) is 12.4 Å². The molecule has 0 atom stereocenters. The smallest absolute Gasteiger partial charge is 0.196 e. The summed E-state index contributed by atoms with van der Waals surface area (Å²) in [6.07, 6.45) is 0.781. The molecule has 0 fully saturated rings. The van der Waals surface area contributed by atoms with Gasteiger partial charge < -0.3 is 9.73 Å². The van der Waals surface area contributed by atoms with E-state index < -0.39 is 0 Å². The summed E-state index contributed by atoms with van der Waals surface area (Å²) in [5.74, 6) is 1.61. The molecule has 0 aliphatic rings. The van der Waals surface area contributed by atoms with Crippen molar-refractivity contribution in [2.75, 3.05) is 13.6 Å². The van der Waals surface area contributed by atoms with Crippen LogP contribution in [0, 0.1) is 0 Å². The average molecular weight is 315 g/mol. The fourth-order valence-corrected chi connectivity index (χ4v) is 2.28. The fourth-order valence-electron chi connectivity index (χ4n) is 2.28. The van der Waals surface area contributed by atoms with Crippen molar-refractivity contribution in [3.63, 3.8) is 0 Å². The van der Waals surface area contributed by atoms with Crippen molar-refractivity contribution in [1.29, 1.82) is 0 Å². The number of rotatable bonds is 5. The highest BCUT2D eigenvalue weighted by Gasteiger charge is 2.16. The first-order valence-electron chi connectivity index (χ1n) is 7.13. The average Bonchev–Trinajstić information content (AvgIpc) is 2.99. The second-order valence-electron chi connectivity index (χ2n) is 4.87. The van der Waals surface area contributed by atoms with Gasteiger partial charge in [0.05, 0.1) is 0 Å². The van der Waals surface area contributed by atoms with E-state index in [4.69, 9.17) is 4.42 Å². The molecule has 114 valence electrons. The van der Waals surface area contributed by atoms with Crippen molar-refractivity contribution in [3.05, 3.63) is 66.6 Å². The summed E-state index contributed by atoms with van der Waals surface area (Å²) in [7, 11) is 1.93. The molecular formula is C18H19ClN2O. The number of nitrogens with zero attached hydrogens (tertiary/aromatic N) is 1. The van der Waals surface area contributed by atoms with Crippen molar-refractivity contribution in [2.24, 2.45) is 0 Å². The van der Waals surface area contributed by atoms with E-state index >= 15 is 0 Å². The van der Waals surface area contributed by atoms with Gasteiger partial charge >= 0.3 is 0 Å². The monoisotopic (exact) mass is 314 g/mol. The molecule has 0 unspecified atom stereocenters. The Morgan fingerprint density at radius 1 is 0.909 bits per heavy atom. The quantitative estimate of drug-likeness (QED) is 0.767. The second-order valence-corrected chi connectivity index (χ2v) is 4.87. The number of aromatic nitrogens is 1. The van der Waals surface area contributed by atoms with Gasteiger partial charge in [-0.25, -0.2) is 4.98 Å². The molecule has 22 heavy (non-hydrogen) atoms. The zero-order valence-corrected chi connectivity index (χ0v) is 13.3. The van der Waals surface area contributed by atoms with Crippen LogP contribution in [0.4, 0.5) is 0 Å². The van der Waals surface area contributed by atoms with Crippen LogP contribution in [-0.2, 0) is 6.42 Å². The zero-order chi connectivity index (χ0) is 14.5. The molecule has 0 bridgehead atoms. The maximum absolute atomic E-state index is 6.01. The fraction of sp³-hybridized carbons (Fsp3) is 0.167. The van der Waals surface area contributed by atoms with E-state index in [1.807, 2.05) is 43.4 Å². The number of nitrogens with one attached hydrogen (secondary N) is 1. The molecule has 4 heteroatoms. The predicted octanol–water partition coefficient (Wildman–Crippen LogP) is 4.19. The molecule has 0 spiro atoms.